The zero-order valence-electron chi connectivity index (χ0n) is 12.3. The normalized spacial score (nSPS) is 12.1. The Morgan fingerprint density at radius 3 is 2.29 bits per heavy atom. The van der Waals surface area contributed by atoms with Crippen LogP contribution in [0.5, 0.6) is 0 Å². The van der Waals surface area contributed by atoms with Crippen LogP contribution in [0.3, 0.4) is 0 Å². The van der Waals surface area contributed by atoms with Crippen molar-refractivity contribution in [2.24, 2.45) is 5.41 Å². The molecule has 6 heteroatoms. The summed E-state index contributed by atoms with van der Waals surface area (Å²) in [6.07, 6.45) is 0.303. The van der Waals surface area contributed by atoms with Gasteiger partial charge in [-0.3, -0.25) is 0 Å². The molecule has 0 saturated carbocycles. The number of nitrogens with zero attached hydrogens (tertiary/aromatic N) is 1. The molecule has 3 N–H and O–H groups in total. The minimum absolute atomic E-state index is 0.303. The largest absolute Gasteiger partial charge is 0.480 e. The van der Waals surface area contributed by atoms with Gasteiger partial charge >= 0.3 is 12.0 Å². The van der Waals surface area contributed by atoms with Crippen LogP contribution in [-0.4, -0.2) is 23.1 Å². The molecule has 112 valence electrons. The second-order valence-electron chi connectivity index (χ2n) is 5.77. The second-order valence-corrected chi connectivity index (χ2v) is 5.77. The molecule has 1 aromatic carbocycles. The van der Waals surface area contributed by atoms with E-state index in [4.69, 9.17) is 10.4 Å². The van der Waals surface area contributed by atoms with Gasteiger partial charge < -0.3 is 15.7 Å². The first kappa shape index (κ1) is 16.5. The molecule has 0 heterocycles. The van der Waals surface area contributed by atoms with Crippen molar-refractivity contribution in [3.63, 3.8) is 0 Å². The molecule has 0 fully saturated rings. The van der Waals surface area contributed by atoms with Gasteiger partial charge in [0.1, 0.15) is 6.04 Å². The number of carboxylic acid groups (broad SMARTS) is 1. The molecular formula is C15H19N3O3. The van der Waals surface area contributed by atoms with E-state index in [1.807, 2.05) is 6.07 Å². The van der Waals surface area contributed by atoms with Crippen LogP contribution >= 0.6 is 0 Å². The monoisotopic (exact) mass is 289 g/mol. The average Bonchev–Trinajstić information content (AvgIpc) is 2.37. The molecule has 0 bridgehead atoms. The van der Waals surface area contributed by atoms with E-state index >= 15 is 0 Å². The van der Waals surface area contributed by atoms with Crippen LogP contribution in [0, 0.1) is 16.7 Å². The van der Waals surface area contributed by atoms with E-state index in [2.05, 4.69) is 10.6 Å². The van der Waals surface area contributed by atoms with E-state index < -0.39 is 23.5 Å². The lowest BCUT2D eigenvalue weighted by atomic mass is 9.87. The molecule has 1 aromatic rings. The highest BCUT2D eigenvalue weighted by Gasteiger charge is 2.32. The summed E-state index contributed by atoms with van der Waals surface area (Å²) in [6, 6.07) is 7.26. The molecule has 6 nitrogen and oxygen atoms in total. The standard InChI is InChI=1S/C15H19N3O3/c1-15(2,3)12(13(19)20)18-14(21)17-11-6-4-10(5-7-11)8-9-16/h4-7,12H,8H2,1-3H3,(H,19,20)(H2,17,18,21)/t12-/m1/s1. The lowest BCUT2D eigenvalue weighted by Crippen LogP contribution is -2.50. The van der Waals surface area contributed by atoms with Crippen molar-refractivity contribution in [1.82, 2.24) is 5.32 Å². The first-order valence-electron chi connectivity index (χ1n) is 6.50. The molecule has 0 unspecified atom stereocenters. The second kappa shape index (κ2) is 6.75. The lowest BCUT2D eigenvalue weighted by molar-refractivity contribution is -0.141. The minimum Gasteiger partial charge on any atom is -0.480 e. The number of aliphatic carboxylic acids is 1. The number of urea groups is 1. The first-order chi connectivity index (χ1) is 9.74. The first-order valence-corrected chi connectivity index (χ1v) is 6.50. The van der Waals surface area contributed by atoms with Crippen LogP contribution in [0.25, 0.3) is 0 Å². The smallest absolute Gasteiger partial charge is 0.326 e. The molecule has 0 radical (unpaired) electrons. The number of carboxylic acids is 1. The third kappa shape index (κ3) is 5.15. The predicted octanol–water partition coefficient (Wildman–Crippen LogP) is 2.37. The fourth-order valence-corrected chi connectivity index (χ4v) is 1.74. The van der Waals surface area contributed by atoms with Gasteiger partial charge in [0.05, 0.1) is 12.5 Å². The van der Waals surface area contributed by atoms with Crippen LogP contribution in [0.4, 0.5) is 10.5 Å². The van der Waals surface area contributed by atoms with Crippen LogP contribution in [0.2, 0.25) is 0 Å². The summed E-state index contributed by atoms with van der Waals surface area (Å²) in [7, 11) is 0. The van der Waals surface area contributed by atoms with Crippen molar-refractivity contribution in [1.29, 1.82) is 5.26 Å². The maximum absolute atomic E-state index is 11.8. The summed E-state index contributed by atoms with van der Waals surface area (Å²) < 4.78 is 0. The van der Waals surface area contributed by atoms with Crippen molar-refractivity contribution in [2.45, 2.75) is 33.2 Å². The highest BCUT2D eigenvalue weighted by molar-refractivity contribution is 5.92. The number of carbonyl (C=O) groups excluding carboxylic acids is 1. The van der Waals surface area contributed by atoms with E-state index in [1.54, 1.807) is 45.0 Å². The van der Waals surface area contributed by atoms with Crippen molar-refractivity contribution in [3.05, 3.63) is 29.8 Å². The van der Waals surface area contributed by atoms with Gasteiger partial charge in [-0.15, -0.1) is 0 Å². The van der Waals surface area contributed by atoms with E-state index in [-0.39, 0.29) is 0 Å². The van der Waals surface area contributed by atoms with Crippen LogP contribution in [0.15, 0.2) is 24.3 Å². The fourth-order valence-electron chi connectivity index (χ4n) is 1.74. The summed E-state index contributed by atoms with van der Waals surface area (Å²) in [4.78, 5) is 23.0. The fraction of sp³-hybridized carbons (Fsp3) is 0.400. The molecule has 21 heavy (non-hydrogen) atoms. The summed E-state index contributed by atoms with van der Waals surface area (Å²) in [5.41, 5.74) is 0.786. The van der Waals surface area contributed by atoms with Crippen LogP contribution in [0.1, 0.15) is 26.3 Å². The number of amides is 2. The molecule has 0 aromatic heterocycles. The maximum atomic E-state index is 11.8. The van der Waals surface area contributed by atoms with Gasteiger partial charge in [0.15, 0.2) is 0 Å². The summed E-state index contributed by atoms with van der Waals surface area (Å²) in [6.45, 7) is 5.22. The molecule has 2 amide bonds. The van der Waals surface area contributed by atoms with Gasteiger partial charge in [0.2, 0.25) is 0 Å². The zero-order valence-corrected chi connectivity index (χ0v) is 12.3. The Morgan fingerprint density at radius 2 is 1.86 bits per heavy atom. The number of hydrogen-bond acceptors (Lipinski definition) is 3. The van der Waals surface area contributed by atoms with Gasteiger partial charge in [0.25, 0.3) is 0 Å². The third-order valence-corrected chi connectivity index (χ3v) is 2.88. The molecular weight excluding hydrogens is 270 g/mol. The molecule has 0 aliphatic carbocycles. The zero-order chi connectivity index (χ0) is 16.0. The summed E-state index contributed by atoms with van der Waals surface area (Å²) in [5, 5.41) is 22.7. The van der Waals surface area contributed by atoms with Crippen molar-refractivity contribution < 1.29 is 14.7 Å². The van der Waals surface area contributed by atoms with E-state index in [9.17, 15) is 9.59 Å². The predicted molar refractivity (Wildman–Crippen MR) is 78.8 cm³/mol. The van der Waals surface area contributed by atoms with Gasteiger partial charge in [-0.2, -0.15) is 5.26 Å². The average molecular weight is 289 g/mol. The molecule has 0 saturated heterocycles. The summed E-state index contributed by atoms with van der Waals surface area (Å²) in [5.74, 6) is -1.08. The molecule has 1 rings (SSSR count). The number of carbonyl (C=O) groups is 2. The van der Waals surface area contributed by atoms with Crippen LogP contribution in [-0.2, 0) is 11.2 Å². The van der Waals surface area contributed by atoms with Crippen molar-refractivity contribution in [3.8, 4) is 6.07 Å². The van der Waals surface area contributed by atoms with Crippen molar-refractivity contribution in [2.75, 3.05) is 5.32 Å². The Kier molecular flexibility index (Phi) is 5.30. The number of benzene rings is 1. The lowest BCUT2D eigenvalue weighted by Gasteiger charge is -2.27. The number of nitrogens with one attached hydrogen (secondary N) is 2. The molecule has 1 atom stereocenters. The van der Waals surface area contributed by atoms with Gasteiger partial charge in [-0.1, -0.05) is 32.9 Å². The van der Waals surface area contributed by atoms with E-state index in [0.717, 1.165) is 5.56 Å². The topological polar surface area (TPSA) is 102 Å². The van der Waals surface area contributed by atoms with E-state index in [1.165, 1.54) is 0 Å². The number of rotatable bonds is 4. The Bertz CT molecular complexity index is 553. The Morgan fingerprint density at radius 1 is 1.29 bits per heavy atom. The van der Waals surface area contributed by atoms with Gasteiger partial charge in [-0.05, 0) is 23.1 Å². The number of nitriles is 1. The van der Waals surface area contributed by atoms with Crippen molar-refractivity contribution >= 4 is 17.7 Å². The minimum atomic E-state index is -1.08. The Labute approximate surface area is 123 Å². The SMILES string of the molecule is CC(C)(C)[C@H](NC(=O)Nc1ccc(CC#N)cc1)C(=O)O. The quantitative estimate of drug-likeness (QED) is 0.791. The van der Waals surface area contributed by atoms with Crippen LogP contribution < -0.4 is 10.6 Å². The van der Waals surface area contributed by atoms with Gasteiger partial charge in [-0.25, -0.2) is 9.59 Å². The summed E-state index contributed by atoms with van der Waals surface area (Å²) >= 11 is 0. The number of hydrogen-bond donors (Lipinski definition) is 3. The molecule has 0 spiro atoms. The Balaban J connectivity index is 2.68. The van der Waals surface area contributed by atoms with E-state index in [0.29, 0.717) is 12.1 Å². The Hall–Kier alpha value is -2.55. The number of anilines is 1. The maximum Gasteiger partial charge on any atom is 0.326 e. The highest BCUT2D eigenvalue weighted by atomic mass is 16.4. The van der Waals surface area contributed by atoms with Gasteiger partial charge in [0, 0.05) is 5.69 Å². The molecule has 0 aliphatic heterocycles. The third-order valence-electron chi connectivity index (χ3n) is 2.88. The highest BCUT2D eigenvalue weighted by Crippen LogP contribution is 2.19. The molecule has 0 aliphatic rings.